The molecular weight excluding hydrogens is 328 g/mol. The quantitative estimate of drug-likeness (QED) is 0.682. The molecule has 136 valence electrons. The lowest BCUT2D eigenvalue weighted by Gasteiger charge is -2.10. The fourth-order valence-electron chi connectivity index (χ4n) is 2.48. The molecule has 0 aromatic heterocycles. The van der Waals surface area contributed by atoms with E-state index in [1.807, 2.05) is 48.5 Å². The van der Waals surface area contributed by atoms with E-state index in [1.54, 1.807) is 7.11 Å². The van der Waals surface area contributed by atoms with Crippen LogP contribution in [0.1, 0.15) is 11.1 Å². The summed E-state index contributed by atoms with van der Waals surface area (Å²) < 4.78 is 10.6. The van der Waals surface area contributed by atoms with Crippen molar-refractivity contribution in [1.82, 2.24) is 10.6 Å². The molecule has 2 aromatic rings. The van der Waals surface area contributed by atoms with E-state index in [0.29, 0.717) is 13.1 Å². The number of ether oxygens (including phenoxy) is 2. The van der Waals surface area contributed by atoms with Gasteiger partial charge in [0.25, 0.3) is 0 Å². The maximum absolute atomic E-state index is 11.9. The van der Waals surface area contributed by atoms with Crippen molar-refractivity contribution in [3.63, 3.8) is 0 Å². The maximum atomic E-state index is 11.9. The van der Waals surface area contributed by atoms with E-state index >= 15 is 0 Å². The van der Waals surface area contributed by atoms with Crippen molar-refractivity contribution in [1.29, 1.82) is 0 Å². The Morgan fingerprint density at radius 3 is 2.42 bits per heavy atom. The maximum Gasteiger partial charge on any atom is 0.314 e. The molecule has 0 aliphatic carbocycles. The molecular formula is C21H24N2O3. The lowest BCUT2D eigenvalue weighted by Crippen LogP contribution is -2.37. The molecule has 5 nitrogen and oxygen atoms in total. The number of urea groups is 1. The molecule has 0 aliphatic rings. The van der Waals surface area contributed by atoms with Crippen LogP contribution in [0.4, 0.5) is 4.79 Å². The third-order valence-electron chi connectivity index (χ3n) is 3.82. The number of benzene rings is 2. The summed E-state index contributed by atoms with van der Waals surface area (Å²) >= 11 is 0. The van der Waals surface area contributed by atoms with Crippen LogP contribution in [0, 0.1) is 12.3 Å². The van der Waals surface area contributed by atoms with Crippen LogP contribution in [0.15, 0.2) is 48.5 Å². The van der Waals surface area contributed by atoms with Crippen LogP contribution < -0.4 is 20.1 Å². The molecule has 0 atom stereocenters. The van der Waals surface area contributed by atoms with Crippen LogP contribution in [-0.4, -0.2) is 32.8 Å². The molecule has 2 N–H and O–H groups in total. The van der Waals surface area contributed by atoms with Crippen molar-refractivity contribution in [3.05, 3.63) is 59.7 Å². The van der Waals surface area contributed by atoms with E-state index in [1.165, 1.54) is 0 Å². The average Bonchev–Trinajstić information content (AvgIpc) is 2.67. The van der Waals surface area contributed by atoms with Gasteiger partial charge in [-0.05, 0) is 42.2 Å². The van der Waals surface area contributed by atoms with E-state index in [0.717, 1.165) is 35.5 Å². The van der Waals surface area contributed by atoms with Crippen molar-refractivity contribution >= 4 is 6.03 Å². The molecule has 0 bridgehead atoms. The molecule has 0 radical (unpaired) electrons. The Balaban J connectivity index is 1.65. The number of amides is 2. The zero-order chi connectivity index (χ0) is 18.6. The zero-order valence-corrected chi connectivity index (χ0v) is 15.0. The van der Waals surface area contributed by atoms with E-state index in [9.17, 15) is 4.79 Å². The smallest absolute Gasteiger partial charge is 0.314 e. The minimum atomic E-state index is -0.172. The van der Waals surface area contributed by atoms with Crippen LogP contribution in [0.2, 0.25) is 0 Å². The van der Waals surface area contributed by atoms with Gasteiger partial charge in [0.15, 0.2) is 0 Å². The Morgan fingerprint density at radius 2 is 1.73 bits per heavy atom. The van der Waals surface area contributed by atoms with Crippen LogP contribution >= 0.6 is 0 Å². The number of methoxy groups -OCH3 is 1. The third kappa shape index (κ3) is 6.40. The number of hydrogen-bond acceptors (Lipinski definition) is 3. The fraction of sp³-hybridized carbons (Fsp3) is 0.286. The lowest BCUT2D eigenvalue weighted by atomic mass is 10.1. The highest BCUT2D eigenvalue weighted by Gasteiger charge is 2.04. The highest BCUT2D eigenvalue weighted by atomic mass is 16.5. The van der Waals surface area contributed by atoms with Crippen molar-refractivity contribution in [3.8, 4) is 23.8 Å². The SMILES string of the molecule is C#CCOc1ccc(CCNC(=O)NCCc2ccccc2OC)cc1. The van der Waals surface area contributed by atoms with E-state index in [2.05, 4.69) is 16.6 Å². The third-order valence-corrected chi connectivity index (χ3v) is 3.82. The molecule has 0 saturated carbocycles. The van der Waals surface area contributed by atoms with E-state index < -0.39 is 0 Å². The number of carbonyl (C=O) groups excluding carboxylic acids is 1. The number of para-hydroxylation sites is 1. The number of hydrogen-bond donors (Lipinski definition) is 2. The monoisotopic (exact) mass is 352 g/mol. The summed E-state index contributed by atoms with van der Waals surface area (Å²) in [7, 11) is 1.65. The molecule has 0 aliphatic heterocycles. The molecule has 2 rings (SSSR count). The van der Waals surface area contributed by atoms with Gasteiger partial charge in [-0.3, -0.25) is 0 Å². The molecule has 0 fully saturated rings. The Kier molecular flexibility index (Phi) is 7.88. The first-order valence-corrected chi connectivity index (χ1v) is 8.51. The summed E-state index contributed by atoms with van der Waals surface area (Å²) in [6.07, 6.45) is 6.62. The van der Waals surface area contributed by atoms with Gasteiger partial charge in [-0.25, -0.2) is 4.79 Å². The minimum absolute atomic E-state index is 0.172. The topological polar surface area (TPSA) is 59.6 Å². The molecule has 5 heteroatoms. The van der Waals surface area contributed by atoms with E-state index in [4.69, 9.17) is 15.9 Å². The summed E-state index contributed by atoms with van der Waals surface area (Å²) in [5, 5.41) is 5.71. The average molecular weight is 352 g/mol. The summed E-state index contributed by atoms with van der Waals surface area (Å²) in [4.78, 5) is 11.9. The summed E-state index contributed by atoms with van der Waals surface area (Å²) in [6, 6.07) is 15.3. The van der Waals surface area contributed by atoms with Gasteiger partial charge < -0.3 is 20.1 Å². The van der Waals surface area contributed by atoms with E-state index in [-0.39, 0.29) is 12.6 Å². The molecule has 26 heavy (non-hydrogen) atoms. The van der Waals surface area contributed by atoms with Crippen LogP contribution in [0.3, 0.4) is 0 Å². The van der Waals surface area contributed by atoms with Crippen LogP contribution in [0.25, 0.3) is 0 Å². The van der Waals surface area contributed by atoms with Gasteiger partial charge in [0, 0.05) is 13.1 Å². The van der Waals surface area contributed by atoms with Gasteiger partial charge in [0.1, 0.15) is 18.1 Å². The Morgan fingerprint density at radius 1 is 1.04 bits per heavy atom. The van der Waals surface area contributed by atoms with Crippen molar-refractivity contribution in [2.24, 2.45) is 0 Å². The minimum Gasteiger partial charge on any atom is -0.496 e. The first kappa shape index (κ1) is 19.2. The Hall–Kier alpha value is -3.13. The van der Waals surface area contributed by atoms with Crippen molar-refractivity contribution in [2.75, 3.05) is 26.8 Å². The standard InChI is InChI=1S/C21H24N2O3/c1-3-16-26-19-10-8-17(9-11-19)12-14-22-21(24)23-15-13-18-6-4-5-7-20(18)25-2/h1,4-11H,12-16H2,2H3,(H2,22,23,24). The molecule has 0 heterocycles. The summed E-state index contributed by atoms with van der Waals surface area (Å²) in [5.41, 5.74) is 2.19. The normalized spacial score (nSPS) is 9.85. The lowest BCUT2D eigenvalue weighted by molar-refractivity contribution is 0.241. The number of carbonyl (C=O) groups is 1. The predicted molar refractivity (Wildman–Crippen MR) is 103 cm³/mol. The highest BCUT2D eigenvalue weighted by Crippen LogP contribution is 2.17. The van der Waals surface area contributed by atoms with Gasteiger partial charge in [0.2, 0.25) is 0 Å². The molecule has 0 unspecified atom stereocenters. The second-order valence-corrected chi connectivity index (χ2v) is 5.63. The van der Waals surface area contributed by atoms with Gasteiger partial charge in [-0.1, -0.05) is 36.3 Å². The number of nitrogens with one attached hydrogen (secondary N) is 2. The second kappa shape index (κ2) is 10.7. The van der Waals surface area contributed by atoms with Gasteiger partial charge in [-0.2, -0.15) is 0 Å². The fourth-order valence-corrected chi connectivity index (χ4v) is 2.48. The number of rotatable bonds is 9. The first-order valence-electron chi connectivity index (χ1n) is 8.51. The van der Waals surface area contributed by atoms with Crippen molar-refractivity contribution in [2.45, 2.75) is 12.8 Å². The number of terminal acetylenes is 1. The Labute approximate surface area is 154 Å². The molecule has 2 aromatic carbocycles. The Bertz CT molecular complexity index is 736. The summed E-state index contributed by atoms with van der Waals surface area (Å²) in [5.74, 6) is 4.01. The molecule has 0 saturated heterocycles. The summed E-state index contributed by atoms with van der Waals surface area (Å²) in [6.45, 7) is 1.37. The van der Waals surface area contributed by atoms with Gasteiger partial charge in [-0.15, -0.1) is 6.42 Å². The van der Waals surface area contributed by atoms with Crippen molar-refractivity contribution < 1.29 is 14.3 Å². The highest BCUT2D eigenvalue weighted by molar-refractivity contribution is 5.73. The zero-order valence-electron chi connectivity index (χ0n) is 15.0. The largest absolute Gasteiger partial charge is 0.496 e. The molecule has 0 spiro atoms. The second-order valence-electron chi connectivity index (χ2n) is 5.63. The van der Waals surface area contributed by atoms with Crippen LogP contribution in [-0.2, 0) is 12.8 Å². The van der Waals surface area contributed by atoms with Gasteiger partial charge in [0.05, 0.1) is 7.11 Å². The predicted octanol–water partition coefficient (Wildman–Crippen LogP) is 2.79. The van der Waals surface area contributed by atoms with Crippen LogP contribution in [0.5, 0.6) is 11.5 Å². The first-order chi connectivity index (χ1) is 12.7. The molecule has 2 amide bonds. The van der Waals surface area contributed by atoms with Gasteiger partial charge >= 0.3 is 6.03 Å².